The molecule has 19 heavy (non-hydrogen) atoms. The van der Waals surface area contributed by atoms with Gasteiger partial charge in [0.25, 0.3) is 0 Å². The minimum atomic E-state index is 0.695. The molecule has 102 valence electrons. The van der Waals surface area contributed by atoms with Crippen molar-refractivity contribution in [3.63, 3.8) is 0 Å². The molecule has 2 aromatic carbocycles. The van der Waals surface area contributed by atoms with Crippen LogP contribution in [0.4, 0.5) is 0 Å². The quantitative estimate of drug-likeness (QED) is 0.570. The Kier molecular flexibility index (Phi) is 4.92. The van der Waals surface area contributed by atoms with Crippen molar-refractivity contribution in [1.29, 1.82) is 0 Å². The first kappa shape index (κ1) is 14.0. The molecule has 0 amide bonds. The van der Waals surface area contributed by atoms with E-state index in [1.165, 1.54) is 10.8 Å². The van der Waals surface area contributed by atoms with Crippen LogP contribution in [0.25, 0.3) is 10.8 Å². The van der Waals surface area contributed by atoms with Crippen LogP contribution in [-0.2, 0) is 0 Å². The highest BCUT2D eigenvalue weighted by Gasteiger charge is 2.04. The zero-order valence-electron chi connectivity index (χ0n) is 11.4. The summed E-state index contributed by atoms with van der Waals surface area (Å²) in [6.07, 6.45) is 1.98. The van der Waals surface area contributed by atoms with E-state index in [2.05, 4.69) is 25.1 Å². The number of halogens is 1. The van der Waals surface area contributed by atoms with Crippen molar-refractivity contribution in [2.75, 3.05) is 19.6 Å². The summed E-state index contributed by atoms with van der Waals surface area (Å²) in [5.74, 6) is 2.52. The molecule has 0 aliphatic carbocycles. The number of fused-ring (bicyclic) bond motifs is 1. The van der Waals surface area contributed by atoms with Crippen LogP contribution in [0.2, 0.25) is 0 Å². The van der Waals surface area contributed by atoms with Gasteiger partial charge in [-0.2, -0.15) is 0 Å². The Balaban J connectivity index is 2.17. The maximum absolute atomic E-state index is 5.72. The molecule has 0 atom stereocenters. The van der Waals surface area contributed by atoms with Crippen LogP contribution >= 0.6 is 11.6 Å². The third kappa shape index (κ3) is 3.32. The third-order valence-corrected chi connectivity index (χ3v) is 3.49. The van der Waals surface area contributed by atoms with E-state index in [-0.39, 0.29) is 0 Å². The first-order valence-corrected chi connectivity index (χ1v) is 7.06. The number of benzene rings is 2. The molecule has 0 N–H and O–H groups in total. The summed E-state index contributed by atoms with van der Waals surface area (Å²) >= 11 is 5.64. The zero-order valence-corrected chi connectivity index (χ0v) is 12.2. The lowest BCUT2D eigenvalue weighted by Crippen LogP contribution is -1.97. The van der Waals surface area contributed by atoms with Gasteiger partial charge < -0.3 is 9.47 Å². The fraction of sp³-hybridized carbons (Fsp3) is 0.375. The lowest BCUT2D eigenvalue weighted by molar-refractivity contribution is 0.310. The first-order valence-electron chi connectivity index (χ1n) is 6.52. The summed E-state index contributed by atoms with van der Waals surface area (Å²) in [5.41, 5.74) is 1.16. The molecule has 0 saturated carbocycles. The Morgan fingerprint density at radius 2 is 1.95 bits per heavy atom. The molecule has 3 heteroatoms. The number of alkyl halides is 1. The molecular weight excluding hydrogens is 260 g/mol. The minimum absolute atomic E-state index is 0.695. The minimum Gasteiger partial charge on any atom is -0.496 e. The van der Waals surface area contributed by atoms with Crippen LogP contribution in [0.15, 0.2) is 30.3 Å². The van der Waals surface area contributed by atoms with Gasteiger partial charge in [0.15, 0.2) is 0 Å². The Morgan fingerprint density at radius 3 is 2.68 bits per heavy atom. The van der Waals surface area contributed by atoms with Crippen molar-refractivity contribution in [3.05, 3.63) is 35.9 Å². The van der Waals surface area contributed by atoms with Gasteiger partial charge in [0, 0.05) is 5.88 Å². The second-order valence-electron chi connectivity index (χ2n) is 4.52. The zero-order chi connectivity index (χ0) is 13.7. The second-order valence-corrected chi connectivity index (χ2v) is 4.90. The Hall–Kier alpha value is -1.41. The SMILES string of the molecule is COc1ccc2cc(OCCCCCl)ccc2c1C. The lowest BCUT2D eigenvalue weighted by Gasteiger charge is -2.10. The van der Waals surface area contributed by atoms with Crippen molar-refractivity contribution >= 4 is 22.4 Å². The van der Waals surface area contributed by atoms with Crippen molar-refractivity contribution in [1.82, 2.24) is 0 Å². The van der Waals surface area contributed by atoms with Gasteiger partial charge in [-0.3, -0.25) is 0 Å². The van der Waals surface area contributed by atoms with E-state index in [1.54, 1.807) is 7.11 Å². The number of aryl methyl sites for hydroxylation is 1. The Bertz CT molecular complexity index is 552. The maximum atomic E-state index is 5.72. The number of hydrogen-bond acceptors (Lipinski definition) is 2. The van der Waals surface area contributed by atoms with Crippen molar-refractivity contribution in [2.24, 2.45) is 0 Å². The maximum Gasteiger partial charge on any atom is 0.122 e. The summed E-state index contributed by atoms with van der Waals surface area (Å²) in [6, 6.07) is 10.2. The molecule has 0 spiro atoms. The van der Waals surface area contributed by atoms with Gasteiger partial charge >= 0.3 is 0 Å². The molecule has 0 aromatic heterocycles. The molecule has 0 aliphatic heterocycles. The molecule has 2 aromatic rings. The van der Waals surface area contributed by atoms with Gasteiger partial charge in [-0.15, -0.1) is 11.6 Å². The van der Waals surface area contributed by atoms with E-state index < -0.39 is 0 Å². The average Bonchev–Trinajstić information content (AvgIpc) is 2.44. The predicted molar refractivity (Wildman–Crippen MR) is 80.7 cm³/mol. The van der Waals surface area contributed by atoms with Crippen LogP contribution in [-0.4, -0.2) is 19.6 Å². The van der Waals surface area contributed by atoms with Crippen LogP contribution in [0.1, 0.15) is 18.4 Å². The van der Waals surface area contributed by atoms with Crippen molar-refractivity contribution in [2.45, 2.75) is 19.8 Å². The number of ether oxygens (including phenoxy) is 2. The molecule has 0 saturated heterocycles. The summed E-state index contributed by atoms with van der Waals surface area (Å²) in [7, 11) is 1.70. The fourth-order valence-corrected chi connectivity index (χ4v) is 2.33. The number of hydrogen-bond donors (Lipinski definition) is 0. The summed E-state index contributed by atoms with van der Waals surface area (Å²) in [4.78, 5) is 0. The topological polar surface area (TPSA) is 18.5 Å². The van der Waals surface area contributed by atoms with E-state index in [1.807, 2.05) is 12.1 Å². The van der Waals surface area contributed by atoms with E-state index in [0.717, 1.165) is 29.9 Å². The molecule has 0 bridgehead atoms. The third-order valence-electron chi connectivity index (χ3n) is 3.23. The highest BCUT2D eigenvalue weighted by Crippen LogP contribution is 2.29. The smallest absolute Gasteiger partial charge is 0.122 e. The van der Waals surface area contributed by atoms with Crippen LogP contribution < -0.4 is 9.47 Å². The van der Waals surface area contributed by atoms with E-state index in [9.17, 15) is 0 Å². The van der Waals surface area contributed by atoms with Gasteiger partial charge in [0.1, 0.15) is 11.5 Å². The van der Waals surface area contributed by atoms with Crippen LogP contribution in [0.5, 0.6) is 11.5 Å². The lowest BCUT2D eigenvalue weighted by atomic mass is 10.0. The number of rotatable bonds is 6. The Morgan fingerprint density at radius 1 is 1.11 bits per heavy atom. The van der Waals surface area contributed by atoms with Gasteiger partial charge in [-0.05, 0) is 54.3 Å². The molecule has 2 nitrogen and oxygen atoms in total. The van der Waals surface area contributed by atoms with E-state index >= 15 is 0 Å². The Labute approximate surface area is 119 Å². The first-order chi connectivity index (χ1) is 9.26. The van der Waals surface area contributed by atoms with Gasteiger partial charge in [-0.25, -0.2) is 0 Å². The predicted octanol–water partition coefficient (Wildman–Crippen LogP) is 4.55. The van der Waals surface area contributed by atoms with E-state index in [0.29, 0.717) is 12.5 Å². The molecule has 0 unspecified atom stereocenters. The molecule has 0 heterocycles. The van der Waals surface area contributed by atoms with Crippen LogP contribution in [0, 0.1) is 6.92 Å². The number of unbranched alkanes of at least 4 members (excludes halogenated alkanes) is 1. The standard InChI is InChI=1S/C16H19ClO2/c1-12-15-7-6-14(19-10-4-3-9-17)11-13(15)5-8-16(12)18-2/h5-8,11H,3-4,9-10H2,1-2H3. The number of methoxy groups -OCH3 is 1. The second kappa shape index (κ2) is 6.67. The summed E-state index contributed by atoms with van der Waals surface area (Å²) < 4.78 is 11.1. The highest BCUT2D eigenvalue weighted by atomic mass is 35.5. The molecule has 0 radical (unpaired) electrons. The largest absolute Gasteiger partial charge is 0.496 e. The molecular formula is C16H19ClO2. The molecule has 0 aliphatic rings. The highest BCUT2D eigenvalue weighted by molar-refractivity contribution is 6.17. The summed E-state index contributed by atoms with van der Waals surface area (Å²) in [5, 5.41) is 2.38. The molecule has 0 fully saturated rings. The van der Waals surface area contributed by atoms with Crippen molar-refractivity contribution in [3.8, 4) is 11.5 Å². The molecule has 2 rings (SSSR count). The average molecular weight is 279 g/mol. The monoisotopic (exact) mass is 278 g/mol. The van der Waals surface area contributed by atoms with Crippen LogP contribution in [0.3, 0.4) is 0 Å². The normalized spacial score (nSPS) is 10.7. The fourth-order valence-electron chi connectivity index (χ4n) is 2.14. The van der Waals surface area contributed by atoms with Gasteiger partial charge in [-0.1, -0.05) is 12.1 Å². The van der Waals surface area contributed by atoms with Crippen molar-refractivity contribution < 1.29 is 9.47 Å². The van der Waals surface area contributed by atoms with E-state index in [4.69, 9.17) is 21.1 Å². The van der Waals surface area contributed by atoms with Gasteiger partial charge in [0.2, 0.25) is 0 Å². The van der Waals surface area contributed by atoms with Gasteiger partial charge in [0.05, 0.1) is 13.7 Å². The summed E-state index contributed by atoms with van der Waals surface area (Å²) in [6.45, 7) is 2.79.